The standard InChI is InChI=1S/C12H22N4O3S/c1-10(2)9-16(7-8-19-3)20(17,18)12-11(15-13)5-4-6-14-12/h4-6,10,15H,7-9,13H2,1-3H3. The van der Waals surface area contributed by atoms with Gasteiger partial charge in [-0.25, -0.2) is 13.4 Å². The van der Waals surface area contributed by atoms with Crippen molar-refractivity contribution in [3.05, 3.63) is 18.3 Å². The minimum absolute atomic E-state index is 0.0701. The van der Waals surface area contributed by atoms with Gasteiger partial charge in [-0.3, -0.25) is 5.84 Å². The summed E-state index contributed by atoms with van der Waals surface area (Å²) in [5, 5.41) is -0.0701. The van der Waals surface area contributed by atoms with Gasteiger partial charge in [-0.1, -0.05) is 13.8 Å². The molecule has 1 rings (SSSR count). The number of hydrogen-bond donors (Lipinski definition) is 2. The van der Waals surface area contributed by atoms with Gasteiger partial charge in [0.2, 0.25) is 0 Å². The molecule has 0 atom stereocenters. The van der Waals surface area contributed by atoms with Crippen LogP contribution in [0.25, 0.3) is 0 Å². The zero-order valence-electron chi connectivity index (χ0n) is 12.0. The van der Waals surface area contributed by atoms with Crippen molar-refractivity contribution in [2.75, 3.05) is 32.2 Å². The molecular formula is C12H22N4O3S. The smallest absolute Gasteiger partial charge is 0.262 e. The maximum absolute atomic E-state index is 12.7. The predicted molar refractivity (Wildman–Crippen MR) is 77.5 cm³/mol. The van der Waals surface area contributed by atoms with E-state index in [4.69, 9.17) is 10.6 Å². The SMILES string of the molecule is COCCN(CC(C)C)S(=O)(=O)c1ncccc1NN. The van der Waals surface area contributed by atoms with E-state index in [1.165, 1.54) is 17.6 Å². The molecule has 1 aromatic rings. The normalized spacial score (nSPS) is 12.1. The van der Waals surface area contributed by atoms with Gasteiger partial charge < -0.3 is 10.2 Å². The second kappa shape index (κ2) is 7.53. The van der Waals surface area contributed by atoms with Gasteiger partial charge in [0.05, 0.1) is 12.3 Å². The lowest BCUT2D eigenvalue weighted by molar-refractivity contribution is 0.175. The number of aromatic nitrogens is 1. The highest BCUT2D eigenvalue weighted by Gasteiger charge is 2.28. The first-order chi connectivity index (χ1) is 9.43. The number of rotatable bonds is 8. The van der Waals surface area contributed by atoms with Crippen molar-refractivity contribution in [3.8, 4) is 0 Å². The third-order valence-corrected chi connectivity index (χ3v) is 4.45. The summed E-state index contributed by atoms with van der Waals surface area (Å²) >= 11 is 0. The number of anilines is 1. The fourth-order valence-electron chi connectivity index (χ4n) is 1.74. The number of methoxy groups -OCH3 is 1. The number of hydrogen-bond acceptors (Lipinski definition) is 6. The van der Waals surface area contributed by atoms with E-state index in [1.54, 1.807) is 12.1 Å². The van der Waals surface area contributed by atoms with Crippen LogP contribution < -0.4 is 11.3 Å². The summed E-state index contributed by atoms with van der Waals surface area (Å²) in [5.41, 5.74) is 2.64. The van der Waals surface area contributed by atoms with Gasteiger partial charge in [0, 0.05) is 26.4 Å². The Bertz CT molecular complexity index is 519. The zero-order valence-corrected chi connectivity index (χ0v) is 12.9. The Balaban J connectivity index is 3.14. The Labute approximate surface area is 120 Å². The number of sulfonamides is 1. The van der Waals surface area contributed by atoms with E-state index in [9.17, 15) is 8.42 Å². The molecule has 0 bridgehead atoms. The lowest BCUT2D eigenvalue weighted by Crippen LogP contribution is -2.37. The zero-order chi connectivity index (χ0) is 15.2. The van der Waals surface area contributed by atoms with Crippen LogP contribution in [0, 0.1) is 5.92 Å². The second-order valence-corrected chi connectivity index (χ2v) is 6.60. The predicted octanol–water partition coefficient (Wildman–Crippen LogP) is 0.660. The molecule has 7 nitrogen and oxygen atoms in total. The van der Waals surface area contributed by atoms with Gasteiger partial charge in [-0.05, 0) is 18.1 Å². The van der Waals surface area contributed by atoms with E-state index in [0.717, 1.165) is 0 Å². The fourth-order valence-corrected chi connectivity index (χ4v) is 3.39. The van der Waals surface area contributed by atoms with E-state index < -0.39 is 10.0 Å². The molecule has 8 heteroatoms. The summed E-state index contributed by atoms with van der Waals surface area (Å²) < 4.78 is 31.7. The van der Waals surface area contributed by atoms with Crippen LogP contribution in [-0.2, 0) is 14.8 Å². The molecule has 0 saturated heterocycles. The van der Waals surface area contributed by atoms with Gasteiger partial charge in [-0.15, -0.1) is 0 Å². The van der Waals surface area contributed by atoms with Crippen molar-refractivity contribution < 1.29 is 13.2 Å². The maximum atomic E-state index is 12.7. The van der Waals surface area contributed by atoms with Gasteiger partial charge in [0.15, 0.2) is 5.03 Å². The molecular weight excluding hydrogens is 280 g/mol. The first-order valence-corrected chi connectivity index (χ1v) is 7.78. The Kier molecular flexibility index (Phi) is 6.34. The molecule has 0 radical (unpaired) electrons. The average Bonchev–Trinajstić information content (AvgIpc) is 2.42. The minimum Gasteiger partial charge on any atom is -0.383 e. The van der Waals surface area contributed by atoms with Crippen molar-refractivity contribution in [1.29, 1.82) is 0 Å². The highest BCUT2D eigenvalue weighted by atomic mass is 32.2. The van der Waals surface area contributed by atoms with Crippen molar-refractivity contribution in [1.82, 2.24) is 9.29 Å². The van der Waals surface area contributed by atoms with Crippen LogP contribution >= 0.6 is 0 Å². The fraction of sp³-hybridized carbons (Fsp3) is 0.583. The summed E-state index contributed by atoms with van der Waals surface area (Å²) in [5.74, 6) is 5.55. The molecule has 1 aromatic heterocycles. The van der Waals surface area contributed by atoms with Gasteiger partial charge in [0.1, 0.15) is 0 Å². The number of nitrogens with zero attached hydrogens (tertiary/aromatic N) is 2. The van der Waals surface area contributed by atoms with E-state index in [1.807, 2.05) is 13.8 Å². The molecule has 0 aromatic carbocycles. The van der Waals surface area contributed by atoms with Crippen molar-refractivity contribution in [2.24, 2.45) is 11.8 Å². The number of nitrogens with two attached hydrogens (primary N) is 1. The van der Waals surface area contributed by atoms with E-state index >= 15 is 0 Å². The molecule has 0 unspecified atom stereocenters. The third-order valence-electron chi connectivity index (χ3n) is 2.62. The first kappa shape index (κ1) is 16.8. The molecule has 0 spiro atoms. The monoisotopic (exact) mass is 302 g/mol. The van der Waals surface area contributed by atoms with Crippen molar-refractivity contribution in [2.45, 2.75) is 18.9 Å². The molecule has 20 heavy (non-hydrogen) atoms. The van der Waals surface area contributed by atoms with E-state index in [-0.39, 0.29) is 23.2 Å². The van der Waals surface area contributed by atoms with Crippen LogP contribution in [0.15, 0.2) is 23.4 Å². The molecule has 0 saturated carbocycles. The molecule has 114 valence electrons. The summed E-state index contributed by atoms with van der Waals surface area (Å²) in [6, 6.07) is 3.19. The molecule has 0 fully saturated rings. The average molecular weight is 302 g/mol. The lowest BCUT2D eigenvalue weighted by atomic mass is 10.2. The Hall–Kier alpha value is -1.22. The maximum Gasteiger partial charge on any atom is 0.262 e. The second-order valence-electron chi connectivity index (χ2n) is 4.75. The van der Waals surface area contributed by atoms with Crippen LogP contribution in [0.3, 0.4) is 0 Å². The molecule has 0 aliphatic rings. The summed E-state index contributed by atoms with van der Waals surface area (Å²) in [7, 11) is -2.18. The third kappa shape index (κ3) is 4.14. The topological polar surface area (TPSA) is 97.5 Å². The van der Waals surface area contributed by atoms with Crippen molar-refractivity contribution in [3.63, 3.8) is 0 Å². The number of nitrogens with one attached hydrogen (secondary N) is 1. The highest BCUT2D eigenvalue weighted by Crippen LogP contribution is 2.21. The highest BCUT2D eigenvalue weighted by molar-refractivity contribution is 7.89. The van der Waals surface area contributed by atoms with Crippen LogP contribution in [0.2, 0.25) is 0 Å². The van der Waals surface area contributed by atoms with E-state index in [0.29, 0.717) is 13.2 Å². The van der Waals surface area contributed by atoms with Gasteiger partial charge in [-0.2, -0.15) is 4.31 Å². The van der Waals surface area contributed by atoms with Gasteiger partial charge in [0.25, 0.3) is 10.0 Å². The molecule has 0 amide bonds. The summed E-state index contributed by atoms with van der Waals surface area (Å²) in [6.07, 6.45) is 1.43. The van der Waals surface area contributed by atoms with Crippen LogP contribution in [-0.4, -0.2) is 44.5 Å². The Morgan fingerprint density at radius 1 is 1.50 bits per heavy atom. The number of hydrazine groups is 1. The summed E-state index contributed by atoms with van der Waals surface area (Å²) in [4.78, 5) is 3.94. The molecule has 1 heterocycles. The first-order valence-electron chi connectivity index (χ1n) is 6.34. The van der Waals surface area contributed by atoms with Crippen molar-refractivity contribution >= 4 is 15.7 Å². The minimum atomic E-state index is -3.71. The number of pyridine rings is 1. The molecule has 0 aliphatic heterocycles. The van der Waals surface area contributed by atoms with Crippen LogP contribution in [0.5, 0.6) is 0 Å². The lowest BCUT2D eigenvalue weighted by Gasteiger charge is -2.24. The quantitative estimate of drug-likeness (QED) is 0.541. The Morgan fingerprint density at radius 2 is 2.20 bits per heavy atom. The van der Waals surface area contributed by atoms with Crippen LogP contribution in [0.4, 0.5) is 5.69 Å². The Morgan fingerprint density at radius 3 is 2.75 bits per heavy atom. The van der Waals surface area contributed by atoms with Gasteiger partial charge >= 0.3 is 0 Å². The number of nitrogen functional groups attached to an aromatic ring is 1. The molecule has 3 N–H and O–H groups in total. The largest absolute Gasteiger partial charge is 0.383 e. The molecule has 0 aliphatic carbocycles. The van der Waals surface area contributed by atoms with Crippen LogP contribution in [0.1, 0.15) is 13.8 Å². The summed E-state index contributed by atoms with van der Waals surface area (Å²) in [6.45, 7) is 4.90. The number of ether oxygens (including phenoxy) is 1. The van der Waals surface area contributed by atoms with E-state index in [2.05, 4.69) is 10.4 Å².